The smallest absolute Gasteiger partial charge is 0.227 e. The van der Waals surface area contributed by atoms with Gasteiger partial charge >= 0.3 is 0 Å². The van der Waals surface area contributed by atoms with Crippen LogP contribution in [0.15, 0.2) is 24.3 Å². The van der Waals surface area contributed by atoms with Crippen molar-refractivity contribution >= 4 is 40.7 Å². The molecule has 1 saturated heterocycles. The third kappa shape index (κ3) is 4.61. The molecule has 1 atom stereocenters. The number of rotatable bonds is 6. The highest BCUT2D eigenvalue weighted by Crippen LogP contribution is 2.25. The van der Waals surface area contributed by atoms with Gasteiger partial charge in [-0.25, -0.2) is 0 Å². The van der Waals surface area contributed by atoms with Crippen LogP contribution < -0.4 is 10.2 Å². The van der Waals surface area contributed by atoms with Crippen LogP contribution in [-0.4, -0.2) is 30.8 Å². The van der Waals surface area contributed by atoms with Crippen molar-refractivity contribution < 1.29 is 9.59 Å². The molecule has 1 aromatic rings. The average molecular weight is 329 g/mol. The number of hydrogen-bond acceptors (Lipinski definition) is 2. The molecule has 1 N–H and O–H groups in total. The Bertz CT molecular complexity index is 505. The monoisotopic (exact) mass is 328 g/mol. The lowest BCUT2D eigenvalue weighted by Gasteiger charge is -2.17. The summed E-state index contributed by atoms with van der Waals surface area (Å²) in [6, 6.07) is 7.21. The van der Waals surface area contributed by atoms with Crippen LogP contribution in [0.4, 0.5) is 5.69 Å². The van der Waals surface area contributed by atoms with Crippen molar-refractivity contribution in [2.45, 2.75) is 19.3 Å². The van der Waals surface area contributed by atoms with Gasteiger partial charge in [0.25, 0.3) is 0 Å². The van der Waals surface area contributed by atoms with Crippen LogP contribution in [-0.2, 0) is 9.59 Å². The molecule has 0 aromatic heterocycles. The predicted octanol–water partition coefficient (Wildman–Crippen LogP) is 2.83. The van der Waals surface area contributed by atoms with Gasteiger partial charge in [0.2, 0.25) is 11.8 Å². The Morgan fingerprint density at radius 1 is 1.33 bits per heavy atom. The maximum Gasteiger partial charge on any atom is 0.227 e. The molecule has 6 heteroatoms. The first-order chi connectivity index (χ1) is 10.1. The Balaban J connectivity index is 1.85. The zero-order chi connectivity index (χ0) is 15.2. The minimum absolute atomic E-state index is 0.00644. The van der Waals surface area contributed by atoms with Crippen molar-refractivity contribution in [1.82, 2.24) is 5.32 Å². The van der Waals surface area contributed by atoms with E-state index in [4.69, 9.17) is 23.2 Å². The minimum atomic E-state index is -0.00644. The van der Waals surface area contributed by atoms with Crippen molar-refractivity contribution in [1.29, 1.82) is 0 Å². The maximum atomic E-state index is 12.0. The van der Waals surface area contributed by atoms with E-state index in [-0.39, 0.29) is 17.7 Å². The van der Waals surface area contributed by atoms with E-state index in [1.54, 1.807) is 17.0 Å². The number of benzene rings is 1. The zero-order valence-electron chi connectivity index (χ0n) is 11.6. The van der Waals surface area contributed by atoms with Crippen LogP contribution in [0.3, 0.4) is 0 Å². The van der Waals surface area contributed by atoms with Crippen LogP contribution in [0.25, 0.3) is 0 Å². The minimum Gasteiger partial charge on any atom is -0.356 e. The van der Waals surface area contributed by atoms with Gasteiger partial charge in [0, 0.05) is 48.4 Å². The third-order valence-corrected chi connectivity index (χ3v) is 3.99. The summed E-state index contributed by atoms with van der Waals surface area (Å²) < 4.78 is 0. The van der Waals surface area contributed by atoms with Crippen molar-refractivity contribution in [3.05, 3.63) is 29.3 Å². The molecule has 0 saturated carbocycles. The van der Waals surface area contributed by atoms with E-state index in [1.807, 2.05) is 12.1 Å². The standard InChI is InChI=1S/C15H18Cl2N2O2/c16-7-1-2-14(20)18-9-11-8-15(21)19(10-11)13-5-3-12(17)4-6-13/h3-6,11H,1-2,7-10H2,(H,18,20). The first kappa shape index (κ1) is 16.1. The lowest BCUT2D eigenvalue weighted by molar-refractivity contribution is -0.121. The molecule has 4 nitrogen and oxygen atoms in total. The number of nitrogens with one attached hydrogen (secondary N) is 1. The van der Waals surface area contributed by atoms with Gasteiger partial charge in [-0.2, -0.15) is 0 Å². The van der Waals surface area contributed by atoms with Crippen LogP contribution in [0.5, 0.6) is 0 Å². The molecule has 1 aliphatic heterocycles. The average Bonchev–Trinajstić information content (AvgIpc) is 2.85. The topological polar surface area (TPSA) is 49.4 Å². The van der Waals surface area contributed by atoms with Gasteiger partial charge in [0.1, 0.15) is 0 Å². The second kappa shape index (κ2) is 7.66. The van der Waals surface area contributed by atoms with E-state index in [0.717, 1.165) is 5.69 Å². The highest BCUT2D eigenvalue weighted by molar-refractivity contribution is 6.30. The summed E-state index contributed by atoms with van der Waals surface area (Å²) in [5, 5.41) is 3.51. The number of amides is 2. The Kier molecular flexibility index (Phi) is 5.88. The number of alkyl halides is 1. The Morgan fingerprint density at radius 3 is 2.71 bits per heavy atom. The molecule has 0 radical (unpaired) electrons. The van der Waals surface area contributed by atoms with E-state index in [9.17, 15) is 9.59 Å². The van der Waals surface area contributed by atoms with E-state index in [1.165, 1.54) is 0 Å². The highest BCUT2D eigenvalue weighted by atomic mass is 35.5. The first-order valence-electron chi connectivity index (χ1n) is 6.98. The molecule has 2 rings (SSSR count). The summed E-state index contributed by atoms with van der Waals surface area (Å²) in [5.41, 5.74) is 0.848. The predicted molar refractivity (Wildman–Crippen MR) is 84.9 cm³/mol. The summed E-state index contributed by atoms with van der Waals surface area (Å²) in [6.45, 7) is 1.15. The molecule has 2 amide bonds. The zero-order valence-corrected chi connectivity index (χ0v) is 13.2. The van der Waals surface area contributed by atoms with Gasteiger partial charge < -0.3 is 10.2 Å². The lowest BCUT2D eigenvalue weighted by Crippen LogP contribution is -2.31. The second-order valence-electron chi connectivity index (χ2n) is 5.15. The summed E-state index contributed by atoms with van der Waals surface area (Å²) in [4.78, 5) is 25.3. The molecule has 1 unspecified atom stereocenters. The first-order valence-corrected chi connectivity index (χ1v) is 7.90. The van der Waals surface area contributed by atoms with Gasteiger partial charge in [-0.05, 0) is 30.7 Å². The molecular formula is C15H18Cl2N2O2. The van der Waals surface area contributed by atoms with Gasteiger partial charge in [0.15, 0.2) is 0 Å². The quantitative estimate of drug-likeness (QED) is 0.816. The Labute approximate surface area is 134 Å². The number of anilines is 1. The maximum absolute atomic E-state index is 12.0. The summed E-state index contributed by atoms with van der Waals surface area (Å²) in [5.74, 6) is 0.707. The van der Waals surface area contributed by atoms with Gasteiger partial charge in [-0.1, -0.05) is 11.6 Å². The summed E-state index contributed by atoms with van der Waals surface area (Å²) >= 11 is 11.4. The number of carbonyl (C=O) groups is 2. The molecule has 1 aliphatic rings. The SMILES string of the molecule is O=C(CCCCl)NCC1CC(=O)N(c2ccc(Cl)cc2)C1. The molecule has 1 fully saturated rings. The highest BCUT2D eigenvalue weighted by Gasteiger charge is 2.30. The summed E-state index contributed by atoms with van der Waals surface area (Å²) in [6.07, 6.45) is 1.57. The molecule has 0 bridgehead atoms. The van der Waals surface area contributed by atoms with Crippen molar-refractivity contribution in [2.24, 2.45) is 5.92 Å². The largest absolute Gasteiger partial charge is 0.356 e. The fraction of sp³-hybridized carbons (Fsp3) is 0.467. The molecule has 0 spiro atoms. The molecule has 1 heterocycles. The number of nitrogens with zero attached hydrogens (tertiary/aromatic N) is 1. The molecule has 114 valence electrons. The lowest BCUT2D eigenvalue weighted by atomic mass is 10.1. The fourth-order valence-electron chi connectivity index (χ4n) is 2.36. The molecule has 1 aromatic carbocycles. The van der Waals surface area contributed by atoms with Crippen molar-refractivity contribution in [2.75, 3.05) is 23.9 Å². The van der Waals surface area contributed by atoms with Gasteiger partial charge in [-0.3, -0.25) is 9.59 Å². The molecule has 21 heavy (non-hydrogen) atoms. The normalized spacial score (nSPS) is 18.1. The van der Waals surface area contributed by atoms with Crippen molar-refractivity contribution in [3.8, 4) is 0 Å². The van der Waals surface area contributed by atoms with Gasteiger partial charge in [-0.15, -0.1) is 11.6 Å². The van der Waals surface area contributed by atoms with E-state index < -0.39 is 0 Å². The van der Waals surface area contributed by atoms with Gasteiger partial charge in [0.05, 0.1) is 0 Å². The summed E-state index contributed by atoms with van der Waals surface area (Å²) in [7, 11) is 0. The Morgan fingerprint density at radius 2 is 2.05 bits per heavy atom. The number of hydrogen-bond donors (Lipinski definition) is 1. The van der Waals surface area contributed by atoms with E-state index in [0.29, 0.717) is 43.3 Å². The van der Waals surface area contributed by atoms with Crippen LogP contribution in [0, 0.1) is 5.92 Å². The third-order valence-electron chi connectivity index (χ3n) is 3.47. The molecule has 0 aliphatic carbocycles. The second-order valence-corrected chi connectivity index (χ2v) is 5.96. The van der Waals surface area contributed by atoms with E-state index in [2.05, 4.69) is 5.32 Å². The number of halogens is 2. The molecular weight excluding hydrogens is 311 g/mol. The van der Waals surface area contributed by atoms with E-state index >= 15 is 0 Å². The van der Waals surface area contributed by atoms with Crippen LogP contribution in [0.1, 0.15) is 19.3 Å². The van der Waals surface area contributed by atoms with Crippen LogP contribution in [0.2, 0.25) is 5.02 Å². The number of carbonyl (C=O) groups excluding carboxylic acids is 2. The fourth-order valence-corrected chi connectivity index (χ4v) is 2.62. The van der Waals surface area contributed by atoms with Crippen LogP contribution >= 0.6 is 23.2 Å². The van der Waals surface area contributed by atoms with Crippen molar-refractivity contribution in [3.63, 3.8) is 0 Å². The Hall–Kier alpha value is -1.26.